The summed E-state index contributed by atoms with van der Waals surface area (Å²) in [6, 6.07) is 4.71. The van der Waals surface area contributed by atoms with Crippen LogP contribution in [0.25, 0.3) is 0 Å². The first kappa shape index (κ1) is 13.7. The van der Waals surface area contributed by atoms with E-state index in [1.165, 1.54) is 12.0 Å². The van der Waals surface area contributed by atoms with Crippen LogP contribution in [0.15, 0.2) is 18.2 Å². The van der Waals surface area contributed by atoms with E-state index in [2.05, 4.69) is 0 Å². The van der Waals surface area contributed by atoms with Crippen molar-refractivity contribution >= 4 is 17.6 Å². The van der Waals surface area contributed by atoms with Gasteiger partial charge in [0.25, 0.3) is 0 Å². The van der Waals surface area contributed by atoms with E-state index in [-0.39, 0.29) is 5.91 Å². The highest BCUT2D eigenvalue weighted by Gasteiger charge is 2.35. The van der Waals surface area contributed by atoms with Crippen LogP contribution in [0, 0.1) is 0 Å². The molecular formula is C15H17NO5. The van der Waals surface area contributed by atoms with Gasteiger partial charge in [-0.3, -0.25) is 9.69 Å². The van der Waals surface area contributed by atoms with Crippen LogP contribution in [0.5, 0.6) is 11.5 Å². The summed E-state index contributed by atoms with van der Waals surface area (Å²) in [4.78, 5) is 25.7. The summed E-state index contributed by atoms with van der Waals surface area (Å²) in [5.74, 6) is 0.788. The zero-order chi connectivity index (χ0) is 14.8. The average Bonchev–Trinajstić information content (AvgIpc) is 2.53. The molecule has 0 saturated carbocycles. The van der Waals surface area contributed by atoms with E-state index in [0.29, 0.717) is 49.7 Å². The molecule has 1 atom stereocenters. The molecule has 1 saturated heterocycles. The number of nitrogens with zero attached hydrogens (tertiary/aromatic N) is 1. The maximum absolute atomic E-state index is 12.2. The first-order valence-corrected chi connectivity index (χ1v) is 7.00. The van der Waals surface area contributed by atoms with E-state index < -0.39 is 12.0 Å². The number of hydrogen-bond donors (Lipinski definition) is 0. The molecule has 1 aromatic carbocycles. The molecule has 0 spiro atoms. The van der Waals surface area contributed by atoms with Crippen LogP contribution in [0.4, 0.5) is 5.69 Å². The summed E-state index contributed by atoms with van der Waals surface area (Å²) in [5.41, 5.74) is 0.638. The predicted octanol–water partition coefficient (Wildman–Crippen LogP) is 1.52. The molecule has 2 heterocycles. The molecule has 1 aromatic rings. The molecule has 1 amide bonds. The van der Waals surface area contributed by atoms with Crippen molar-refractivity contribution in [2.45, 2.75) is 25.3 Å². The number of amides is 1. The normalized spacial score (nSPS) is 21.1. The molecule has 0 N–H and O–H groups in total. The minimum atomic E-state index is -0.571. The fourth-order valence-corrected chi connectivity index (χ4v) is 2.74. The Morgan fingerprint density at radius 2 is 2.05 bits per heavy atom. The fraction of sp³-hybridized carbons (Fsp3) is 0.467. The zero-order valence-corrected chi connectivity index (χ0v) is 11.8. The van der Waals surface area contributed by atoms with Crippen molar-refractivity contribution < 1.29 is 23.8 Å². The van der Waals surface area contributed by atoms with Crippen molar-refractivity contribution in [3.8, 4) is 11.5 Å². The van der Waals surface area contributed by atoms with Crippen LogP contribution in [-0.4, -0.2) is 38.2 Å². The van der Waals surface area contributed by atoms with Crippen LogP contribution in [-0.2, 0) is 14.3 Å². The van der Waals surface area contributed by atoms with Crippen molar-refractivity contribution in [3.05, 3.63) is 18.2 Å². The lowest BCUT2D eigenvalue weighted by Gasteiger charge is -2.34. The highest BCUT2D eigenvalue weighted by Crippen LogP contribution is 2.36. The number of carbonyl (C=O) groups excluding carboxylic acids is 2. The van der Waals surface area contributed by atoms with Gasteiger partial charge in [0.05, 0.1) is 7.11 Å². The Kier molecular flexibility index (Phi) is 3.68. The largest absolute Gasteiger partial charge is 0.486 e. The maximum Gasteiger partial charge on any atom is 0.328 e. The third kappa shape index (κ3) is 2.53. The number of anilines is 1. The van der Waals surface area contributed by atoms with Gasteiger partial charge < -0.3 is 14.2 Å². The van der Waals surface area contributed by atoms with Crippen molar-refractivity contribution in [2.75, 3.05) is 25.2 Å². The molecule has 1 unspecified atom stereocenters. The highest BCUT2D eigenvalue weighted by molar-refractivity contribution is 6.00. The quantitative estimate of drug-likeness (QED) is 0.773. The second kappa shape index (κ2) is 5.63. The van der Waals surface area contributed by atoms with Crippen molar-refractivity contribution in [1.82, 2.24) is 0 Å². The van der Waals surface area contributed by atoms with Gasteiger partial charge in [-0.1, -0.05) is 0 Å². The van der Waals surface area contributed by atoms with Gasteiger partial charge in [0, 0.05) is 18.2 Å². The lowest BCUT2D eigenvalue weighted by Crippen LogP contribution is -2.48. The SMILES string of the molecule is COC(=O)C1CCCC(=O)N1c1ccc2c(c1)OCCO2. The molecule has 112 valence electrons. The van der Waals surface area contributed by atoms with E-state index in [9.17, 15) is 9.59 Å². The molecule has 21 heavy (non-hydrogen) atoms. The number of methoxy groups -OCH3 is 1. The summed E-state index contributed by atoms with van der Waals surface area (Å²) in [7, 11) is 1.34. The van der Waals surface area contributed by atoms with E-state index in [1.54, 1.807) is 18.2 Å². The molecule has 2 aliphatic rings. The first-order valence-electron chi connectivity index (χ1n) is 7.00. The van der Waals surface area contributed by atoms with Crippen molar-refractivity contribution in [1.29, 1.82) is 0 Å². The van der Waals surface area contributed by atoms with Crippen LogP contribution < -0.4 is 14.4 Å². The van der Waals surface area contributed by atoms with Crippen molar-refractivity contribution in [2.24, 2.45) is 0 Å². The second-order valence-corrected chi connectivity index (χ2v) is 5.02. The molecule has 0 radical (unpaired) electrons. The minimum absolute atomic E-state index is 0.0756. The van der Waals surface area contributed by atoms with Gasteiger partial charge in [-0.2, -0.15) is 0 Å². The summed E-state index contributed by atoms with van der Waals surface area (Å²) >= 11 is 0. The Balaban J connectivity index is 1.95. The molecule has 1 fully saturated rings. The van der Waals surface area contributed by atoms with E-state index in [0.717, 1.165) is 0 Å². The molecule has 0 bridgehead atoms. The monoisotopic (exact) mass is 291 g/mol. The second-order valence-electron chi connectivity index (χ2n) is 5.02. The first-order chi connectivity index (χ1) is 10.2. The molecule has 0 aliphatic carbocycles. The molecule has 0 aromatic heterocycles. The van der Waals surface area contributed by atoms with Crippen molar-refractivity contribution in [3.63, 3.8) is 0 Å². The number of benzene rings is 1. The molecule has 6 heteroatoms. The molecule has 2 aliphatic heterocycles. The Labute approximate surface area is 122 Å². The molecular weight excluding hydrogens is 274 g/mol. The number of rotatable bonds is 2. The smallest absolute Gasteiger partial charge is 0.328 e. The Hall–Kier alpha value is -2.24. The third-order valence-electron chi connectivity index (χ3n) is 3.73. The lowest BCUT2D eigenvalue weighted by atomic mass is 10.0. The van der Waals surface area contributed by atoms with Gasteiger partial charge in [-0.25, -0.2) is 4.79 Å². The molecule has 6 nitrogen and oxygen atoms in total. The number of fused-ring (bicyclic) bond motifs is 1. The van der Waals surface area contributed by atoms with Gasteiger partial charge in [0.2, 0.25) is 5.91 Å². The highest BCUT2D eigenvalue weighted by atomic mass is 16.6. The number of ether oxygens (including phenoxy) is 3. The van der Waals surface area contributed by atoms with Crippen LogP contribution >= 0.6 is 0 Å². The fourth-order valence-electron chi connectivity index (χ4n) is 2.74. The van der Waals surface area contributed by atoms with Gasteiger partial charge in [-0.15, -0.1) is 0 Å². The number of piperidine rings is 1. The van der Waals surface area contributed by atoms with E-state index in [1.807, 2.05) is 0 Å². The van der Waals surface area contributed by atoms with Crippen LogP contribution in [0.3, 0.4) is 0 Å². The van der Waals surface area contributed by atoms with Gasteiger partial charge >= 0.3 is 5.97 Å². The Bertz CT molecular complexity index is 571. The summed E-state index contributed by atoms with van der Waals surface area (Å²) in [6.45, 7) is 0.991. The van der Waals surface area contributed by atoms with Crippen LogP contribution in [0.1, 0.15) is 19.3 Å². The maximum atomic E-state index is 12.2. The standard InChI is InChI=1S/C15H17NO5/c1-19-15(18)11-3-2-4-14(17)16(11)10-5-6-12-13(9-10)21-8-7-20-12/h5-6,9,11H,2-4,7-8H2,1H3. The summed E-state index contributed by atoms with van der Waals surface area (Å²) < 4.78 is 15.8. The minimum Gasteiger partial charge on any atom is -0.486 e. The Morgan fingerprint density at radius 3 is 2.81 bits per heavy atom. The number of esters is 1. The number of hydrogen-bond acceptors (Lipinski definition) is 5. The number of carbonyl (C=O) groups is 2. The predicted molar refractivity (Wildman–Crippen MR) is 74.6 cm³/mol. The average molecular weight is 291 g/mol. The third-order valence-corrected chi connectivity index (χ3v) is 3.73. The zero-order valence-electron chi connectivity index (χ0n) is 11.8. The molecule has 3 rings (SSSR count). The van der Waals surface area contributed by atoms with E-state index in [4.69, 9.17) is 14.2 Å². The Morgan fingerprint density at radius 1 is 1.29 bits per heavy atom. The van der Waals surface area contributed by atoms with Gasteiger partial charge in [-0.05, 0) is 25.0 Å². The summed E-state index contributed by atoms with van der Waals surface area (Å²) in [6.07, 6.45) is 1.73. The van der Waals surface area contributed by atoms with Gasteiger partial charge in [0.1, 0.15) is 19.3 Å². The van der Waals surface area contributed by atoms with Crippen LogP contribution in [0.2, 0.25) is 0 Å². The van der Waals surface area contributed by atoms with Gasteiger partial charge in [0.15, 0.2) is 11.5 Å². The summed E-state index contributed by atoms with van der Waals surface area (Å²) in [5, 5.41) is 0. The topological polar surface area (TPSA) is 65.1 Å². The lowest BCUT2D eigenvalue weighted by molar-refractivity contribution is -0.144. The van der Waals surface area contributed by atoms with E-state index >= 15 is 0 Å².